The van der Waals surface area contributed by atoms with E-state index in [1.54, 1.807) is 6.92 Å². The topological polar surface area (TPSA) is 179 Å². The number of ether oxygens (including phenoxy) is 1. The molecule has 1 aliphatic heterocycles. The quantitative estimate of drug-likeness (QED) is 0.224. The lowest BCUT2D eigenvalue weighted by Crippen LogP contribution is -2.44. The third-order valence-electron chi connectivity index (χ3n) is 5.70. The predicted octanol–water partition coefficient (Wildman–Crippen LogP) is 2.39. The minimum absolute atomic E-state index is 0.0897. The van der Waals surface area contributed by atoms with Gasteiger partial charge < -0.3 is 28.4 Å². The van der Waals surface area contributed by atoms with Crippen molar-refractivity contribution in [3.05, 3.63) is 32.6 Å². The number of aromatic amines is 1. The first-order valence-electron chi connectivity index (χ1n) is 10.3. The number of H-pyrrole nitrogens is 1. The van der Waals surface area contributed by atoms with Crippen LogP contribution in [0, 0.1) is 6.92 Å². The zero-order valence-electron chi connectivity index (χ0n) is 20.0. The van der Waals surface area contributed by atoms with E-state index in [2.05, 4.69) is 55.0 Å². The second kappa shape index (κ2) is 11.5. The molecule has 35 heavy (non-hydrogen) atoms. The molecular formula is C16H31N2O11P3S2Si. The Hall–Kier alpha value is 0.107. The fourth-order valence-corrected chi connectivity index (χ4v) is 9.88. The number of hydrogen-bond donors (Lipinski definition) is 4. The van der Waals surface area contributed by atoms with E-state index in [-0.39, 0.29) is 18.1 Å². The highest BCUT2D eigenvalue weighted by atomic mass is 32.5. The second-order valence-corrected chi connectivity index (χ2v) is 20.7. The molecule has 0 saturated carbocycles. The van der Waals surface area contributed by atoms with Crippen LogP contribution in [-0.4, -0.2) is 51.4 Å². The van der Waals surface area contributed by atoms with Gasteiger partial charge in [-0.05, 0) is 48.7 Å². The van der Waals surface area contributed by atoms with Gasteiger partial charge >= 0.3 is 20.2 Å². The van der Waals surface area contributed by atoms with Crippen molar-refractivity contribution in [3.63, 3.8) is 0 Å². The molecule has 19 heteroatoms. The zero-order chi connectivity index (χ0) is 27.0. The largest absolute Gasteiger partial charge is 0.476 e. The molecule has 1 saturated heterocycles. The number of rotatable bonds is 10. The first-order chi connectivity index (χ1) is 15.7. The van der Waals surface area contributed by atoms with Crippen molar-refractivity contribution < 1.29 is 41.6 Å². The smallest absolute Gasteiger partial charge is 0.414 e. The summed E-state index contributed by atoms with van der Waals surface area (Å²) in [6.07, 6.45) is -0.834. The Morgan fingerprint density at radius 2 is 1.91 bits per heavy atom. The van der Waals surface area contributed by atoms with Crippen LogP contribution in [0.3, 0.4) is 0 Å². The predicted molar refractivity (Wildman–Crippen MR) is 139 cm³/mol. The Morgan fingerprint density at radius 3 is 2.46 bits per heavy atom. The minimum Gasteiger partial charge on any atom is -0.414 e. The maximum absolute atomic E-state index is 12.4. The zero-order valence-corrected chi connectivity index (χ0v) is 25.4. The standard InChI is InChI=1S/C16H31N2O11P3S2Si/c1-10-8-18(15(20)17-14(10)19)13-7-11(12(26-13)9-25-35(5,6)16(2,3)4)27-30(33)28-32(24,34)29-31(21,22)23/h8,11-13,30H,7,9H2,1-6H3,(H,24,34)(H,17,19,20)(H2,21,22,23)/t11-,12+,13+,32?/m0/s1. The molecule has 0 aliphatic carbocycles. The van der Waals surface area contributed by atoms with E-state index in [9.17, 15) is 19.0 Å². The fraction of sp³-hybridized carbons (Fsp3) is 0.750. The van der Waals surface area contributed by atoms with Crippen molar-refractivity contribution in [2.24, 2.45) is 0 Å². The average molecular weight is 613 g/mol. The molecule has 0 bridgehead atoms. The first-order valence-corrected chi connectivity index (χ1v) is 19.8. The number of aryl methyl sites for hydroxylation is 1. The summed E-state index contributed by atoms with van der Waals surface area (Å²) in [4.78, 5) is 54.0. The molecule has 4 N–H and O–H groups in total. The van der Waals surface area contributed by atoms with Crippen molar-refractivity contribution in [1.29, 1.82) is 0 Å². The van der Waals surface area contributed by atoms with E-state index in [0.29, 0.717) is 5.56 Å². The molecule has 202 valence electrons. The highest BCUT2D eigenvalue weighted by molar-refractivity contribution is 8.12. The molecule has 1 aromatic heterocycles. The maximum Gasteiger partial charge on any atom is 0.476 e. The van der Waals surface area contributed by atoms with Crippen LogP contribution in [0.1, 0.15) is 39.0 Å². The van der Waals surface area contributed by atoms with Crippen LogP contribution in [0.4, 0.5) is 0 Å². The number of aromatic nitrogens is 2. The Bertz CT molecular complexity index is 1160. The summed E-state index contributed by atoms with van der Waals surface area (Å²) in [5, 5.41) is -0.0897. The van der Waals surface area contributed by atoms with Crippen LogP contribution in [0.2, 0.25) is 18.1 Å². The average Bonchev–Trinajstić information content (AvgIpc) is 3.01. The molecular weight excluding hydrogens is 581 g/mol. The van der Waals surface area contributed by atoms with Crippen LogP contribution in [-0.2, 0) is 50.5 Å². The van der Waals surface area contributed by atoms with E-state index < -0.39 is 59.7 Å². The lowest BCUT2D eigenvalue weighted by Gasteiger charge is -2.37. The van der Waals surface area contributed by atoms with E-state index >= 15 is 0 Å². The molecule has 13 nitrogen and oxygen atoms in total. The molecule has 1 fully saturated rings. The Morgan fingerprint density at radius 1 is 1.31 bits per heavy atom. The monoisotopic (exact) mass is 612 g/mol. The third-order valence-corrected chi connectivity index (χ3v) is 16.1. The third kappa shape index (κ3) is 9.12. The van der Waals surface area contributed by atoms with Gasteiger partial charge in [0.05, 0.1) is 12.7 Å². The Kier molecular flexibility index (Phi) is 10.3. The van der Waals surface area contributed by atoms with Gasteiger partial charge in [-0.15, -0.1) is 0 Å². The lowest BCUT2D eigenvalue weighted by molar-refractivity contribution is -0.0388. The van der Waals surface area contributed by atoms with Crippen molar-refractivity contribution in [1.82, 2.24) is 9.55 Å². The van der Waals surface area contributed by atoms with Gasteiger partial charge in [0.1, 0.15) is 12.3 Å². The van der Waals surface area contributed by atoms with E-state index in [0.717, 1.165) is 0 Å². The lowest BCUT2D eigenvalue weighted by atomic mass is 10.2. The molecule has 0 spiro atoms. The summed E-state index contributed by atoms with van der Waals surface area (Å²) in [5.41, 5.74) is -0.881. The van der Waals surface area contributed by atoms with E-state index in [1.165, 1.54) is 10.8 Å². The summed E-state index contributed by atoms with van der Waals surface area (Å²) in [5.74, 6) is 0. The van der Waals surface area contributed by atoms with E-state index in [4.69, 9.17) is 39.6 Å². The molecule has 5 atom stereocenters. The SMILES string of the molecule is Cc1cn([C@H]2C[C@H](O[PH](=S)OP(O)(=S)OP(=O)(O)O)[C@@H](CO[Si](C)(C)C(C)(C)C)O2)c(=O)[nH]c1=O. The summed E-state index contributed by atoms with van der Waals surface area (Å²) >= 11 is 9.72. The van der Waals surface area contributed by atoms with Gasteiger partial charge in [-0.1, -0.05) is 20.8 Å². The maximum atomic E-state index is 12.4. The van der Waals surface area contributed by atoms with Gasteiger partial charge in [0.15, 0.2) is 15.5 Å². The number of nitrogens with zero attached hydrogens (tertiary/aromatic N) is 1. The van der Waals surface area contributed by atoms with Crippen LogP contribution in [0.5, 0.6) is 0 Å². The molecule has 1 aliphatic rings. The van der Waals surface area contributed by atoms with Crippen LogP contribution in [0.25, 0.3) is 0 Å². The molecule has 2 unspecified atom stereocenters. The second-order valence-electron chi connectivity index (χ2n) is 9.45. The van der Waals surface area contributed by atoms with Gasteiger partial charge in [0.2, 0.25) is 0 Å². The first kappa shape index (κ1) is 31.3. The minimum atomic E-state index is -5.12. The van der Waals surface area contributed by atoms with Gasteiger partial charge in [0.25, 0.3) is 5.56 Å². The fourth-order valence-electron chi connectivity index (χ4n) is 2.84. The van der Waals surface area contributed by atoms with Crippen LogP contribution < -0.4 is 11.2 Å². The van der Waals surface area contributed by atoms with Crippen LogP contribution in [0.15, 0.2) is 15.8 Å². The van der Waals surface area contributed by atoms with Crippen molar-refractivity contribution in [2.75, 3.05) is 6.61 Å². The number of phosphoric acid groups is 1. The summed E-state index contributed by atoms with van der Waals surface area (Å²) in [6.45, 7) is 7.59. The molecule has 2 rings (SSSR count). The Labute approximate surface area is 214 Å². The van der Waals surface area contributed by atoms with Gasteiger partial charge in [0, 0.05) is 18.2 Å². The normalized spacial score (nSPS) is 24.3. The van der Waals surface area contributed by atoms with Gasteiger partial charge in [-0.2, -0.15) is 0 Å². The molecule has 0 aromatic carbocycles. The van der Waals surface area contributed by atoms with E-state index in [1.807, 2.05) is 0 Å². The number of nitrogens with one attached hydrogen (secondary N) is 1. The van der Waals surface area contributed by atoms with Crippen LogP contribution >= 0.6 is 21.7 Å². The highest BCUT2D eigenvalue weighted by Gasteiger charge is 2.43. The Balaban J connectivity index is 2.25. The van der Waals surface area contributed by atoms with Gasteiger partial charge in [-0.3, -0.25) is 18.7 Å². The van der Waals surface area contributed by atoms with Crippen molar-refractivity contribution >= 4 is 53.6 Å². The molecule has 2 heterocycles. The highest BCUT2D eigenvalue weighted by Crippen LogP contribution is 2.62. The summed E-state index contributed by atoms with van der Waals surface area (Å²) in [7, 11) is -10.1. The molecule has 0 amide bonds. The van der Waals surface area contributed by atoms with Gasteiger partial charge in [-0.25, -0.2) is 13.7 Å². The summed E-state index contributed by atoms with van der Waals surface area (Å²) in [6, 6.07) is 0. The summed E-state index contributed by atoms with van der Waals surface area (Å²) < 4.78 is 39.4. The molecule has 0 radical (unpaired) electrons. The number of hydrogen-bond acceptors (Lipinski definition) is 10. The van der Waals surface area contributed by atoms with Crippen molar-refractivity contribution in [3.8, 4) is 0 Å². The van der Waals surface area contributed by atoms with Crippen molar-refractivity contribution in [2.45, 2.75) is 70.7 Å². The molecule has 1 aromatic rings.